The summed E-state index contributed by atoms with van der Waals surface area (Å²) in [6.45, 7) is 0.991. The zero-order valence-electron chi connectivity index (χ0n) is 14.6. The highest BCUT2D eigenvalue weighted by Crippen LogP contribution is 2.19. The summed E-state index contributed by atoms with van der Waals surface area (Å²) in [6, 6.07) is 15.1. The number of amides is 2. The number of carbonyl (C=O) groups is 2. The van der Waals surface area contributed by atoms with Crippen molar-refractivity contribution in [1.29, 1.82) is 0 Å². The van der Waals surface area contributed by atoms with E-state index in [0.717, 1.165) is 15.6 Å². The predicted molar refractivity (Wildman–Crippen MR) is 104 cm³/mol. The molecule has 0 fully saturated rings. The molecule has 0 radical (unpaired) electrons. The maximum absolute atomic E-state index is 12.5. The number of rotatable bonds is 5. The summed E-state index contributed by atoms with van der Waals surface area (Å²) in [7, 11) is 0. The third kappa shape index (κ3) is 4.74. The lowest BCUT2D eigenvalue weighted by molar-refractivity contribution is -0.153. The lowest BCUT2D eigenvalue weighted by atomic mass is 9.99. The molecule has 27 heavy (non-hydrogen) atoms. The van der Waals surface area contributed by atoms with E-state index in [0.29, 0.717) is 19.5 Å². The number of aliphatic hydroxyl groups excluding tert-OH is 2. The normalized spacial score (nSPS) is 15.6. The van der Waals surface area contributed by atoms with Crippen molar-refractivity contribution in [3.8, 4) is 0 Å². The third-order valence-corrected chi connectivity index (χ3v) is 5.11. The number of hydrogen-bond acceptors (Lipinski definition) is 4. The molecule has 0 saturated heterocycles. The molecule has 0 spiro atoms. The molecule has 2 aromatic rings. The lowest BCUT2D eigenvalue weighted by Gasteiger charge is -2.31. The van der Waals surface area contributed by atoms with Crippen molar-refractivity contribution in [2.45, 2.75) is 31.7 Å². The number of aliphatic hydroxyl groups is 2. The van der Waals surface area contributed by atoms with Crippen LogP contribution >= 0.6 is 15.9 Å². The Labute approximate surface area is 165 Å². The zero-order valence-corrected chi connectivity index (χ0v) is 16.2. The Morgan fingerprint density at radius 3 is 2.56 bits per heavy atom. The molecule has 0 aromatic heterocycles. The van der Waals surface area contributed by atoms with E-state index >= 15 is 0 Å². The minimum absolute atomic E-state index is 0.188. The van der Waals surface area contributed by atoms with Crippen LogP contribution in [0, 0.1) is 0 Å². The lowest BCUT2D eigenvalue weighted by Crippen LogP contribution is -2.51. The molecule has 1 aliphatic rings. The Morgan fingerprint density at radius 2 is 1.81 bits per heavy atom. The van der Waals surface area contributed by atoms with E-state index in [1.165, 1.54) is 10.5 Å². The number of nitrogens with one attached hydrogen (secondary N) is 1. The molecular formula is C20H21BrN2O4. The second-order valence-corrected chi connectivity index (χ2v) is 7.43. The van der Waals surface area contributed by atoms with Gasteiger partial charge in [-0.15, -0.1) is 0 Å². The molecule has 142 valence electrons. The van der Waals surface area contributed by atoms with Gasteiger partial charge in [-0.2, -0.15) is 0 Å². The Hall–Kier alpha value is -2.22. The molecule has 1 aliphatic heterocycles. The topological polar surface area (TPSA) is 89.9 Å². The van der Waals surface area contributed by atoms with Crippen molar-refractivity contribution >= 4 is 27.7 Å². The fourth-order valence-corrected chi connectivity index (χ4v) is 3.54. The first-order valence-corrected chi connectivity index (χ1v) is 9.49. The van der Waals surface area contributed by atoms with Crippen LogP contribution in [0.15, 0.2) is 53.0 Å². The molecule has 2 aromatic carbocycles. The van der Waals surface area contributed by atoms with Crippen molar-refractivity contribution in [3.63, 3.8) is 0 Å². The molecule has 7 heteroatoms. The van der Waals surface area contributed by atoms with Crippen LogP contribution in [0.1, 0.15) is 16.7 Å². The maximum atomic E-state index is 12.5. The Kier molecular flexibility index (Phi) is 6.26. The van der Waals surface area contributed by atoms with Crippen molar-refractivity contribution in [2.75, 3.05) is 6.54 Å². The molecule has 2 amide bonds. The van der Waals surface area contributed by atoms with Crippen molar-refractivity contribution in [3.05, 3.63) is 69.7 Å². The molecular weight excluding hydrogens is 412 g/mol. The Balaban J connectivity index is 1.57. The fraction of sp³-hybridized carbons (Fsp3) is 0.300. The quantitative estimate of drug-likeness (QED) is 0.665. The minimum Gasteiger partial charge on any atom is -0.380 e. The van der Waals surface area contributed by atoms with Gasteiger partial charge in [0.25, 0.3) is 11.8 Å². The molecule has 1 unspecified atom stereocenters. The van der Waals surface area contributed by atoms with Crippen LogP contribution in [0.25, 0.3) is 0 Å². The van der Waals surface area contributed by atoms with E-state index in [2.05, 4.69) is 21.2 Å². The van der Waals surface area contributed by atoms with Crippen molar-refractivity contribution in [1.82, 2.24) is 10.2 Å². The number of carbonyl (C=O) groups excluding carboxylic acids is 2. The molecule has 2 atom stereocenters. The summed E-state index contributed by atoms with van der Waals surface area (Å²) in [6.07, 6.45) is -2.93. The highest BCUT2D eigenvalue weighted by atomic mass is 79.9. The first-order valence-electron chi connectivity index (χ1n) is 8.69. The molecule has 1 heterocycles. The third-order valence-electron chi connectivity index (χ3n) is 4.62. The molecule has 6 nitrogen and oxygen atoms in total. The van der Waals surface area contributed by atoms with E-state index in [-0.39, 0.29) is 6.54 Å². The van der Waals surface area contributed by atoms with E-state index in [1.807, 2.05) is 48.5 Å². The summed E-state index contributed by atoms with van der Waals surface area (Å²) in [5.41, 5.74) is 3.01. The monoisotopic (exact) mass is 432 g/mol. The van der Waals surface area contributed by atoms with Crippen LogP contribution in [-0.2, 0) is 29.1 Å². The van der Waals surface area contributed by atoms with E-state index in [1.54, 1.807) is 0 Å². The van der Waals surface area contributed by atoms with Crippen LogP contribution in [0.4, 0.5) is 0 Å². The molecule has 0 saturated carbocycles. The first kappa shape index (κ1) is 19.5. The van der Waals surface area contributed by atoms with Crippen molar-refractivity contribution in [2.24, 2.45) is 0 Å². The number of halogens is 1. The van der Waals surface area contributed by atoms with Gasteiger partial charge in [-0.3, -0.25) is 9.59 Å². The van der Waals surface area contributed by atoms with Gasteiger partial charge in [-0.05, 0) is 35.2 Å². The van der Waals surface area contributed by atoms with Gasteiger partial charge in [0.2, 0.25) is 0 Å². The van der Waals surface area contributed by atoms with Crippen molar-refractivity contribution < 1.29 is 19.8 Å². The second-order valence-electron chi connectivity index (χ2n) is 6.52. The fourth-order valence-electron chi connectivity index (χ4n) is 3.09. The van der Waals surface area contributed by atoms with Crippen LogP contribution < -0.4 is 5.32 Å². The van der Waals surface area contributed by atoms with Crippen LogP contribution in [0.2, 0.25) is 0 Å². The summed E-state index contributed by atoms with van der Waals surface area (Å²) in [5.74, 6) is -1.43. The van der Waals surface area contributed by atoms with Gasteiger partial charge in [0.15, 0.2) is 12.2 Å². The minimum atomic E-state index is -1.82. The van der Waals surface area contributed by atoms with E-state index < -0.39 is 24.0 Å². The largest absolute Gasteiger partial charge is 0.380 e. The van der Waals surface area contributed by atoms with Gasteiger partial charge in [0, 0.05) is 24.1 Å². The molecule has 0 bridgehead atoms. The highest BCUT2D eigenvalue weighted by Gasteiger charge is 2.34. The van der Waals surface area contributed by atoms with Crippen LogP contribution in [0.3, 0.4) is 0 Å². The number of nitrogens with zero attached hydrogens (tertiary/aromatic N) is 1. The zero-order chi connectivity index (χ0) is 19.4. The summed E-state index contributed by atoms with van der Waals surface area (Å²) < 4.78 is 0.871. The summed E-state index contributed by atoms with van der Waals surface area (Å²) in [4.78, 5) is 26.1. The number of hydrogen-bond donors (Lipinski definition) is 3. The predicted octanol–water partition coefficient (Wildman–Crippen LogP) is 1.37. The number of benzene rings is 2. The van der Waals surface area contributed by atoms with Gasteiger partial charge in [0.05, 0.1) is 0 Å². The smallest absolute Gasteiger partial charge is 0.255 e. The van der Waals surface area contributed by atoms with Gasteiger partial charge < -0.3 is 20.4 Å². The number of fused-ring (bicyclic) bond motifs is 1. The SMILES string of the molecule is O=C(NCc1cccc(Br)c1)C(O)[C@H](O)C(=O)N1CCc2ccccc2C1. The Morgan fingerprint density at radius 1 is 1.07 bits per heavy atom. The molecule has 0 aliphatic carbocycles. The maximum Gasteiger partial charge on any atom is 0.255 e. The van der Waals surface area contributed by atoms with E-state index in [4.69, 9.17) is 0 Å². The Bertz CT molecular complexity index is 842. The van der Waals surface area contributed by atoms with Crippen LogP contribution in [0.5, 0.6) is 0 Å². The molecule has 3 N–H and O–H groups in total. The van der Waals surface area contributed by atoms with Gasteiger partial charge in [-0.1, -0.05) is 52.3 Å². The van der Waals surface area contributed by atoms with E-state index in [9.17, 15) is 19.8 Å². The average Bonchev–Trinajstić information content (AvgIpc) is 2.70. The van der Waals surface area contributed by atoms with Gasteiger partial charge in [0.1, 0.15) is 0 Å². The first-order chi connectivity index (χ1) is 13.0. The highest BCUT2D eigenvalue weighted by molar-refractivity contribution is 9.10. The van der Waals surface area contributed by atoms with Gasteiger partial charge >= 0.3 is 0 Å². The second kappa shape index (κ2) is 8.65. The summed E-state index contributed by atoms with van der Waals surface area (Å²) >= 11 is 3.34. The van der Waals surface area contributed by atoms with Gasteiger partial charge in [-0.25, -0.2) is 0 Å². The summed E-state index contributed by atoms with van der Waals surface area (Å²) in [5, 5.41) is 22.8. The standard InChI is InChI=1S/C20H21BrN2O4/c21-16-7-3-4-13(10-16)11-22-19(26)17(24)18(25)20(27)23-9-8-14-5-1-2-6-15(14)12-23/h1-7,10,17-18,24-25H,8-9,11-12H2,(H,22,26)/t17?,18-/m0/s1. The molecule has 3 rings (SSSR count). The van der Waals surface area contributed by atoms with Crippen LogP contribution in [-0.4, -0.2) is 45.7 Å². The average molecular weight is 433 g/mol.